The van der Waals surface area contributed by atoms with Gasteiger partial charge in [-0.2, -0.15) is 5.10 Å². The maximum absolute atomic E-state index is 4.54. The van der Waals surface area contributed by atoms with Crippen molar-refractivity contribution in [2.24, 2.45) is 5.92 Å². The molecule has 0 amide bonds. The number of rotatable bonds is 4. The number of hydrogen-bond acceptors (Lipinski definition) is 3. The number of hydrogen-bond donors (Lipinski definition) is 1. The van der Waals surface area contributed by atoms with Crippen molar-refractivity contribution in [1.29, 1.82) is 0 Å². The Hall–Kier alpha value is -1.42. The molecule has 0 saturated heterocycles. The van der Waals surface area contributed by atoms with Crippen LogP contribution in [0.1, 0.15) is 62.0 Å². The molecule has 2 aromatic rings. The summed E-state index contributed by atoms with van der Waals surface area (Å²) in [6.07, 6.45) is 9.00. The molecular formula is C17H26N4. The zero-order valence-electron chi connectivity index (χ0n) is 13.4. The molecule has 0 spiro atoms. The highest BCUT2D eigenvalue weighted by Gasteiger charge is 2.17. The van der Waals surface area contributed by atoms with Crippen LogP contribution in [0.25, 0.3) is 5.65 Å². The Morgan fingerprint density at radius 1 is 1.29 bits per heavy atom. The second-order valence-corrected chi connectivity index (χ2v) is 6.49. The molecular weight excluding hydrogens is 260 g/mol. The third kappa shape index (κ3) is 3.10. The molecule has 1 fully saturated rings. The lowest BCUT2D eigenvalue weighted by atomic mass is 9.89. The van der Waals surface area contributed by atoms with Crippen molar-refractivity contribution in [1.82, 2.24) is 19.9 Å². The lowest BCUT2D eigenvalue weighted by Gasteiger charge is -2.24. The molecule has 3 rings (SSSR count). The third-order valence-electron chi connectivity index (χ3n) is 4.79. The van der Waals surface area contributed by atoms with Gasteiger partial charge in [0, 0.05) is 29.6 Å². The van der Waals surface area contributed by atoms with Gasteiger partial charge in [0.2, 0.25) is 0 Å². The first-order chi connectivity index (χ1) is 10.1. The van der Waals surface area contributed by atoms with Gasteiger partial charge in [0.1, 0.15) is 0 Å². The van der Waals surface area contributed by atoms with Crippen LogP contribution in [0, 0.1) is 19.8 Å². The van der Waals surface area contributed by atoms with Crippen molar-refractivity contribution in [2.75, 3.05) is 6.54 Å². The zero-order chi connectivity index (χ0) is 14.8. The predicted molar refractivity (Wildman–Crippen MR) is 85.5 cm³/mol. The van der Waals surface area contributed by atoms with Gasteiger partial charge in [-0.3, -0.25) is 0 Å². The van der Waals surface area contributed by atoms with E-state index in [9.17, 15) is 0 Å². The molecule has 1 aliphatic carbocycles. The van der Waals surface area contributed by atoms with Crippen LogP contribution in [0.5, 0.6) is 0 Å². The van der Waals surface area contributed by atoms with Crippen LogP contribution in [-0.4, -0.2) is 21.1 Å². The number of aromatic nitrogens is 3. The van der Waals surface area contributed by atoms with Crippen LogP contribution in [0.3, 0.4) is 0 Å². The van der Waals surface area contributed by atoms with Gasteiger partial charge in [-0.25, -0.2) is 9.50 Å². The molecule has 0 bridgehead atoms. The highest BCUT2D eigenvalue weighted by atomic mass is 15.3. The molecule has 1 atom stereocenters. The fourth-order valence-corrected chi connectivity index (χ4v) is 3.45. The van der Waals surface area contributed by atoms with Crippen LogP contribution < -0.4 is 5.32 Å². The highest BCUT2D eigenvalue weighted by Crippen LogP contribution is 2.24. The van der Waals surface area contributed by atoms with E-state index in [1.165, 1.54) is 43.4 Å². The third-order valence-corrected chi connectivity index (χ3v) is 4.79. The van der Waals surface area contributed by atoms with E-state index in [-0.39, 0.29) is 0 Å². The standard InChI is InChI=1S/C17H26N4/c1-12-9-17-19-11-16(14(3)21(17)20-12)13(2)18-10-15-7-5-4-6-8-15/h9,11,13,15,18H,4-8,10H2,1-3H3. The highest BCUT2D eigenvalue weighted by molar-refractivity contribution is 5.42. The van der Waals surface area contributed by atoms with Crippen LogP contribution in [0.2, 0.25) is 0 Å². The van der Waals surface area contributed by atoms with Crippen molar-refractivity contribution >= 4 is 5.65 Å². The van der Waals surface area contributed by atoms with E-state index >= 15 is 0 Å². The first kappa shape index (κ1) is 14.5. The predicted octanol–water partition coefficient (Wildman–Crippen LogP) is 3.58. The summed E-state index contributed by atoms with van der Waals surface area (Å²) in [5.74, 6) is 0.852. The fraction of sp³-hybridized carbons (Fsp3) is 0.647. The average Bonchev–Trinajstić information content (AvgIpc) is 2.88. The van der Waals surface area contributed by atoms with Crippen LogP contribution in [-0.2, 0) is 0 Å². The summed E-state index contributed by atoms with van der Waals surface area (Å²) >= 11 is 0. The molecule has 21 heavy (non-hydrogen) atoms. The Bertz CT molecular complexity index is 611. The Balaban J connectivity index is 1.71. The van der Waals surface area contributed by atoms with E-state index in [2.05, 4.69) is 29.2 Å². The van der Waals surface area contributed by atoms with Gasteiger partial charge in [-0.1, -0.05) is 19.3 Å². The van der Waals surface area contributed by atoms with Gasteiger partial charge in [-0.15, -0.1) is 0 Å². The van der Waals surface area contributed by atoms with Crippen molar-refractivity contribution in [2.45, 2.75) is 58.9 Å². The molecule has 2 heterocycles. The van der Waals surface area contributed by atoms with Gasteiger partial charge in [0.05, 0.1) is 5.69 Å². The molecule has 0 aromatic carbocycles. The minimum Gasteiger partial charge on any atom is -0.310 e. The van der Waals surface area contributed by atoms with Crippen LogP contribution in [0.15, 0.2) is 12.3 Å². The number of aryl methyl sites for hydroxylation is 2. The monoisotopic (exact) mass is 286 g/mol. The second-order valence-electron chi connectivity index (χ2n) is 6.49. The molecule has 4 nitrogen and oxygen atoms in total. The van der Waals surface area contributed by atoms with E-state index in [1.807, 2.05) is 23.7 Å². The largest absolute Gasteiger partial charge is 0.310 e. The summed E-state index contributed by atoms with van der Waals surface area (Å²) in [5, 5.41) is 8.23. The Labute approximate surface area is 127 Å². The SMILES string of the molecule is Cc1cc2ncc(C(C)NCC3CCCCC3)c(C)n2n1. The first-order valence-electron chi connectivity index (χ1n) is 8.20. The van der Waals surface area contributed by atoms with E-state index < -0.39 is 0 Å². The van der Waals surface area contributed by atoms with Crippen LogP contribution >= 0.6 is 0 Å². The van der Waals surface area contributed by atoms with Gasteiger partial charge >= 0.3 is 0 Å². The maximum atomic E-state index is 4.54. The molecule has 4 heteroatoms. The summed E-state index contributed by atoms with van der Waals surface area (Å²) in [4.78, 5) is 4.54. The molecule has 2 aromatic heterocycles. The Morgan fingerprint density at radius 2 is 2.05 bits per heavy atom. The molecule has 114 valence electrons. The fourth-order valence-electron chi connectivity index (χ4n) is 3.45. The number of nitrogens with zero attached hydrogens (tertiary/aromatic N) is 3. The van der Waals surface area contributed by atoms with E-state index in [4.69, 9.17) is 0 Å². The van der Waals surface area contributed by atoms with E-state index in [0.29, 0.717) is 6.04 Å². The summed E-state index contributed by atoms with van der Waals surface area (Å²) in [7, 11) is 0. The smallest absolute Gasteiger partial charge is 0.155 e. The van der Waals surface area contributed by atoms with Gasteiger partial charge in [0.15, 0.2) is 5.65 Å². The topological polar surface area (TPSA) is 42.2 Å². The first-order valence-corrected chi connectivity index (χ1v) is 8.20. The molecule has 1 N–H and O–H groups in total. The molecule has 1 unspecified atom stereocenters. The van der Waals surface area contributed by atoms with Gasteiger partial charge in [0.25, 0.3) is 0 Å². The maximum Gasteiger partial charge on any atom is 0.155 e. The van der Waals surface area contributed by atoms with Crippen molar-refractivity contribution in [3.8, 4) is 0 Å². The molecule has 0 aliphatic heterocycles. The molecule has 1 aliphatic rings. The quantitative estimate of drug-likeness (QED) is 0.934. The van der Waals surface area contributed by atoms with E-state index in [1.54, 1.807) is 0 Å². The normalized spacial score (nSPS) is 18.2. The zero-order valence-corrected chi connectivity index (χ0v) is 13.4. The average molecular weight is 286 g/mol. The summed E-state index contributed by atoms with van der Waals surface area (Å²) in [6, 6.07) is 2.35. The van der Waals surface area contributed by atoms with Crippen molar-refractivity contribution in [3.05, 3.63) is 29.2 Å². The Kier molecular flexibility index (Phi) is 4.24. The molecule has 0 radical (unpaired) electrons. The second kappa shape index (κ2) is 6.14. The summed E-state index contributed by atoms with van der Waals surface area (Å²) in [6.45, 7) is 7.50. The minimum atomic E-state index is 0.327. The van der Waals surface area contributed by atoms with Crippen LogP contribution in [0.4, 0.5) is 0 Å². The van der Waals surface area contributed by atoms with Crippen molar-refractivity contribution in [3.63, 3.8) is 0 Å². The molecule has 1 saturated carbocycles. The number of fused-ring (bicyclic) bond motifs is 1. The Morgan fingerprint density at radius 3 is 2.81 bits per heavy atom. The van der Waals surface area contributed by atoms with Crippen molar-refractivity contribution < 1.29 is 0 Å². The summed E-state index contributed by atoms with van der Waals surface area (Å²) in [5.41, 5.74) is 4.40. The summed E-state index contributed by atoms with van der Waals surface area (Å²) < 4.78 is 1.96. The minimum absolute atomic E-state index is 0.327. The lowest BCUT2D eigenvalue weighted by molar-refractivity contribution is 0.331. The number of nitrogens with one attached hydrogen (secondary N) is 1. The van der Waals surface area contributed by atoms with E-state index in [0.717, 1.165) is 23.8 Å². The lowest BCUT2D eigenvalue weighted by Crippen LogP contribution is -2.28. The van der Waals surface area contributed by atoms with Gasteiger partial charge in [-0.05, 0) is 46.1 Å². The van der Waals surface area contributed by atoms with Gasteiger partial charge < -0.3 is 5.32 Å².